The summed E-state index contributed by atoms with van der Waals surface area (Å²) in [7, 11) is -2.45. The molecular weight excluding hydrogens is 408 g/mol. The van der Waals surface area contributed by atoms with Crippen molar-refractivity contribution >= 4 is 27.7 Å². The molecule has 1 amide bonds. The van der Waals surface area contributed by atoms with Crippen LogP contribution in [0.2, 0.25) is 0 Å². The van der Waals surface area contributed by atoms with Crippen molar-refractivity contribution in [2.45, 2.75) is 36.6 Å². The van der Waals surface area contributed by atoms with Gasteiger partial charge in [-0.3, -0.25) is 4.79 Å². The fourth-order valence-corrected chi connectivity index (χ4v) is 4.97. The standard InChI is InChI=1S/C21H28N2O4S2/c1-6-23(29(25,26)20-13-15(2)7-12-19(20)27-4)14-21(24)22-16(3)17-8-10-18(28-5)11-9-17/h7-13,16H,6,14H2,1-5H3,(H,22,24). The molecule has 0 heterocycles. The van der Waals surface area contributed by atoms with Gasteiger partial charge in [-0.1, -0.05) is 25.1 Å². The van der Waals surface area contributed by atoms with E-state index < -0.39 is 10.0 Å². The minimum atomic E-state index is -3.88. The van der Waals surface area contributed by atoms with Crippen LogP contribution in [0, 0.1) is 6.92 Å². The molecule has 1 N–H and O–H groups in total. The van der Waals surface area contributed by atoms with Crippen molar-refractivity contribution in [3.05, 3.63) is 53.6 Å². The third-order valence-corrected chi connectivity index (χ3v) is 7.29. The number of hydrogen-bond acceptors (Lipinski definition) is 5. The molecule has 8 heteroatoms. The fraction of sp³-hybridized carbons (Fsp3) is 0.381. The molecule has 2 rings (SSSR count). The van der Waals surface area contributed by atoms with Crippen molar-refractivity contribution in [1.29, 1.82) is 0 Å². The van der Waals surface area contributed by atoms with Gasteiger partial charge in [0.1, 0.15) is 10.6 Å². The van der Waals surface area contributed by atoms with E-state index >= 15 is 0 Å². The van der Waals surface area contributed by atoms with E-state index in [9.17, 15) is 13.2 Å². The minimum absolute atomic E-state index is 0.0651. The summed E-state index contributed by atoms with van der Waals surface area (Å²) in [6.07, 6.45) is 2.00. The molecule has 158 valence electrons. The molecule has 0 aromatic heterocycles. The molecule has 0 fully saturated rings. The Morgan fingerprint density at radius 3 is 2.41 bits per heavy atom. The normalized spacial score (nSPS) is 12.6. The number of likely N-dealkylation sites (N-methyl/N-ethyl adjacent to an activating group) is 1. The van der Waals surface area contributed by atoms with Crippen LogP contribution in [0.15, 0.2) is 52.3 Å². The lowest BCUT2D eigenvalue weighted by Crippen LogP contribution is -2.41. The van der Waals surface area contributed by atoms with Gasteiger partial charge >= 0.3 is 0 Å². The first-order valence-electron chi connectivity index (χ1n) is 9.31. The number of nitrogens with one attached hydrogen (secondary N) is 1. The van der Waals surface area contributed by atoms with E-state index in [1.54, 1.807) is 36.9 Å². The summed E-state index contributed by atoms with van der Waals surface area (Å²) in [5.41, 5.74) is 1.76. The molecule has 0 aliphatic carbocycles. The van der Waals surface area contributed by atoms with E-state index in [-0.39, 0.29) is 35.7 Å². The van der Waals surface area contributed by atoms with Crippen LogP contribution in [0.5, 0.6) is 5.75 Å². The molecule has 0 saturated heterocycles. The van der Waals surface area contributed by atoms with E-state index in [4.69, 9.17) is 4.74 Å². The van der Waals surface area contributed by atoms with Gasteiger partial charge in [0, 0.05) is 11.4 Å². The average Bonchev–Trinajstić information content (AvgIpc) is 2.71. The van der Waals surface area contributed by atoms with Gasteiger partial charge in [0.2, 0.25) is 15.9 Å². The van der Waals surface area contributed by atoms with Gasteiger partial charge in [0.25, 0.3) is 0 Å². The van der Waals surface area contributed by atoms with E-state index in [0.717, 1.165) is 20.3 Å². The van der Waals surface area contributed by atoms with Crippen molar-refractivity contribution in [1.82, 2.24) is 9.62 Å². The number of carbonyl (C=O) groups excluding carboxylic acids is 1. The number of rotatable bonds is 9. The van der Waals surface area contributed by atoms with Crippen molar-refractivity contribution in [3.8, 4) is 5.75 Å². The number of thioether (sulfide) groups is 1. The summed E-state index contributed by atoms with van der Waals surface area (Å²) in [4.78, 5) is 13.8. The predicted octanol–water partition coefficient (Wildman–Crippen LogP) is 3.61. The quantitative estimate of drug-likeness (QED) is 0.608. The highest BCUT2D eigenvalue weighted by Crippen LogP contribution is 2.27. The van der Waals surface area contributed by atoms with Crippen LogP contribution in [-0.4, -0.2) is 45.1 Å². The Morgan fingerprint density at radius 2 is 1.86 bits per heavy atom. The molecule has 1 unspecified atom stereocenters. The first-order valence-corrected chi connectivity index (χ1v) is 12.0. The SMILES string of the molecule is CCN(CC(=O)NC(C)c1ccc(SC)cc1)S(=O)(=O)c1cc(C)ccc1OC. The van der Waals surface area contributed by atoms with Crippen molar-refractivity contribution in [3.63, 3.8) is 0 Å². The molecule has 2 aromatic rings. The van der Waals surface area contributed by atoms with Crippen LogP contribution in [0.25, 0.3) is 0 Å². The predicted molar refractivity (Wildman–Crippen MR) is 117 cm³/mol. The van der Waals surface area contributed by atoms with Crippen LogP contribution in [0.3, 0.4) is 0 Å². The molecule has 1 atom stereocenters. The molecular formula is C21H28N2O4S2. The molecule has 0 radical (unpaired) electrons. The van der Waals surface area contributed by atoms with Crippen LogP contribution >= 0.6 is 11.8 Å². The van der Waals surface area contributed by atoms with Gasteiger partial charge in [0.05, 0.1) is 19.7 Å². The average molecular weight is 437 g/mol. The van der Waals surface area contributed by atoms with Gasteiger partial charge in [0.15, 0.2) is 0 Å². The Bertz CT molecular complexity index is 944. The third-order valence-electron chi connectivity index (χ3n) is 4.60. The van der Waals surface area contributed by atoms with Crippen molar-refractivity contribution in [2.75, 3.05) is 26.5 Å². The number of methoxy groups -OCH3 is 1. The van der Waals surface area contributed by atoms with E-state index in [2.05, 4.69) is 5.32 Å². The Labute approximate surface area is 177 Å². The summed E-state index contributed by atoms with van der Waals surface area (Å²) in [5.74, 6) is -0.0970. The summed E-state index contributed by atoms with van der Waals surface area (Å²) in [5, 5.41) is 2.88. The Balaban J connectivity index is 2.15. The maximum atomic E-state index is 13.1. The Morgan fingerprint density at radius 1 is 1.21 bits per heavy atom. The number of ether oxygens (including phenoxy) is 1. The number of sulfonamides is 1. The van der Waals surface area contributed by atoms with Crippen LogP contribution in [0.1, 0.15) is 31.0 Å². The summed E-state index contributed by atoms with van der Waals surface area (Å²) in [6, 6.07) is 12.6. The highest BCUT2D eigenvalue weighted by molar-refractivity contribution is 7.98. The number of nitrogens with zero attached hydrogens (tertiary/aromatic N) is 1. The molecule has 0 saturated carbocycles. The molecule has 0 bridgehead atoms. The number of aryl methyl sites for hydroxylation is 1. The lowest BCUT2D eigenvalue weighted by atomic mass is 10.1. The number of carbonyl (C=O) groups is 1. The van der Waals surface area contributed by atoms with Crippen LogP contribution in [-0.2, 0) is 14.8 Å². The smallest absolute Gasteiger partial charge is 0.247 e. The first kappa shape index (κ1) is 23.3. The number of amides is 1. The highest BCUT2D eigenvalue weighted by Gasteiger charge is 2.28. The lowest BCUT2D eigenvalue weighted by molar-refractivity contribution is -0.121. The molecule has 6 nitrogen and oxygen atoms in total. The Hall–Kier alpha value is -2.03. The number of hydrogen-bond donors (Lipinski definition) is 1. The molecule has 0 aliphatic rings. The van der Waals surface area contributed by atoms with Crippen molar-refractivity contribution in [2.24, 2.45) is 0 Å². The zero-order chi connectivity index (χ0) is 21.6. The van der Waals surface area contributed by atoms with Crippen LogP contribution < -0.4 is 10.1 Å². The van der Waals surface area contributed by atoms with Crippen LogP contribution in [0.4, 0.5) is 0 Å². The zero-order valence-corrected chi connectivity index (χ0v) is 19.1. The monoisotopic (exact) mass is 436 g/mol. The lowest BCUT2D eigenvalue weighted by Gasteiger charge is -2.23. The van der Waals surface area contributed by atoms with E-state index in [1.165, 1.54) is 7.11 Å². The molecule has 0 spiro atoms. The van der Waals surface area contributed by atoms with Gasteiger partial charge in [-0.15, -0.1) is 11.8 Å². The topological polar surface area (TPSA) is 75.7 Å². The van der Waals surface area contributed by atoms with E-state index in [0.29, 0.717) is 0 Å². The maximum absolute atomic E-state index is 13.1. The third kappa shape index (κ3) is 5.74. The Kier molecular flexibility index (Phi) is 8.13. The minimum Gasteiger partial charge on any atom is -0.495 e. The molecule has 2 aromatic carbocycles. The zero-order valence-electron chi connectivity index (χ0n) is 17.4. The second-order valence-electron chi connectivity index (χ2n) is 6.65. The summed E-state index contributed by atoms with van der Waals surface area (Å²) >= 11 is 1.65. The first-order chi connectivity index (χ1) is 13.7. The molecule has 0 aliphatic heterocycles. The fourth-order valence-electron chi connectivity index (χ4n) is 2.91. The second kappa shape index (κ2) is 10.1. The second-order valence-corrected chi connectivity index (χ2v) is 9.43. The number of benzene rings is 2. The van der Waals surface area contributed by atoms with E-state index in [1.807, 2.05) is 44.4 Å². The van der Waals surface area contributed by atoms with Crippen molar-refractivity contribution < 1.29 is 17.9 Å². The van der Waals surface area contributed by atoms with Gasteiger partial charge < -0.3 is 10.1 Å². The van der Waals surface area contributed by atoms with Gasteiger partial charge in [-0.05, 0) is 55.5 Å². The summed E-state index contributed by atoms with van der Waals surface area (Å²) < 4.78 is 32.6. The highest BCUT2D eigenvalue weighted by atomic mass is 32.2. The van der Waals surface area contributed by atoms with Gasteiger partial charge in [-0.2, -0.15) is 4.31 Å². The summed E-state index contributed by atoms with van der Waals surface area (Å²) in [6.45, 7) is 5.30. The maximum Gasteiger partial charge on any atom is 0.247 e. The largest absolute Gasteiger partial charge is 0.495 e. The van der Waals surface area contributed by atoms with Gasteiger partial charge in [-0.25, -0.2) is 8.42 Å². The molecule has 29 heavy (non-hydrogen) atoms.